The van der Waals surface area contributed by atoms with Crippen LogP contribution in [0.15, 0.2) is 309 Å². The van der Waals surface area contributed by atoms with Gasteiger partial charge in [-0.15, -0.1) is 0 Å². The summed E-state index contributed by atoms with van der Waals surface area (Å²) in [5.41, 5.74) is 24.3. The summed E-state index contributed by atoms with van der Waals surface area (Å²) in [6.45, 7) is 0. The average molecular weight is 1010 g/mol. The van der Waals surface area contributed by atoms with E-state index in [1.807, 2.05) is 0 Å². The first-order valence-corrected chi connectivity index (χ1v) is 26.9. The molecule has 3 nitrogen and oxygen atoms in total. The van der Waals surface area contributed by atoms with E-state index in [1.165, 1.54) is 55.2 Å². The summed E-state index contributed by atoms with van der Waals surface area (Å²) in [5.74, 6) is 0.659. The molecule has 0 saturated carbocycles. The molecule has 0 saturated heterocycles. The Labute approximate surface area is 460 Å². The van der Waals surface area contributed by atoms with Gasteiger partial charge >= 0.3 is 0 Å². The second-order valence-corrected chi connectivity index (χ2v) is 20.2. The number of para-hydroxylation sites is 2. The standard InChI is InChI=1S/C76H51N3/c1-3-19-52(20-4-1)54-23-11-25-56(43-54)58-27-13-28-59(45-58)60-29-14-30-61(46-60)64-33-17-37-68(49-64)76-77-72(66-35-15-31-62(47-66)57-26-12-24-55(44-57)53-21-5-2-6-22-53)51-73(78-76)67-36-16-32-63(48-67)65-34-18-38-69(50-65)79-74-41-9-7-39-70(74)71-40-8-10-42-75(71)79/h1-51H. The molecule has 0 amide bonds. The van der Waals surface area contributed by atoms with Crippen LogP contribution in [0, 0.1) is 0 Å². The van der Waals surface area contributed by atoms with Crippen molar-refractivity contribution in [2.45, 2.75) is 0 Å². The van der Waals surface area contributed by atoms with Crippen LogP contribution in [0.4, 0.5) is 0 Å². The predicted octanol–water partition coefficient (Wildman–Crippen LogP) is 20.2. The zero-order valence-corrected chi connectivity index (χ0v) is 43.3. The fourth-order valence-electron chi connectivity index (χ4n) is 11.2. The minimum absolute atomic E-state index is 0.659. The highest BCUT2D eigenvalue weighted by atomic mass is 15.0. The van der Waals surface area contributed by atoms with Crippen molar-refractivity contribution >= 4 is 21.8 Å². The molecule has 79 heavy (non-hydrogen) atoms. The molecule has 0 unspecified atom stereocenters. The zero-order valence-electron chi connectivity index (χ0n) is 43.3. The van der Waals surface area contributed by atoms with Crippen molar-refractivity contribution in [3.05, 3.63) is 309 Å². The van der Waals surface area contributed by atoms with Gasteiger partial charge in [0, 0.05) is 33.2 Å². The largest absolute Gasteiger partial charge is 0.309 e. The van der Waals surface area contributed by atoms with E-state index in [2.05, 4.69) is 314 Å². The highest BCUT2D eigenvalue weighted by Crippen LogP contribution is 2.38. The van der Waals surface area contributed by atoms with E-state index in [0.29, 0.717) is 5.82 Å². The van der Waals surface area contributed by atoms with Crippen molar-refractivity contribution in [2.24, 2.45) is 0 Å². The molecular formula is C76H51N3. The quantitative estimate of drug-likeness (QED) is 0.129. The molecule has 0 aliphatic rings. The third-order valence-corrected chi connectivity index (χ3v) is 15.2. The van der Waals surface area contributed by atoms with Crippen LogP contribution in [0.1, 0.15) is 0 Å². The second-order valence-electron chi connectivity index (χ2n) is 20.2. The van der Waals surface area contributed by atoms with Crippen LogP contribution >= 0.6 is 0 Å². The Kier molecular flexibility index (Phi) is 12.2. The van der Waals surface area contributed by atoms with Crippen LogP contribution in [0.25, 0.3) is 139 Å². The number of aromatic nitrogens is 3. The maximum atomic E-state index is 5.44. The van der Waals surface area contributed by atoms with Crippen LogP contribution in [0.5, 0.6) is 0 Å². The van der Waals surface area contributed by atoms with Crippen LogP contribution in [0.3, 0.4) is 0 Å². The van der Waals surface area contributed by atoms with Crippen molar-refractivity contribution in [3.8, 4) is 117 Å². The molecule has 14 aromatic rings. The molecule has 14 rings (SSSR count). The minimum Gasteiger partial charge on any atom is -0.309 e. The van der Waals surface area contributed by atoms with Gasteiger partial charge in [-0.1, -0.05) is 237 Å². The van der Waals surface area contributed by atoms with E-state index < -0.39 is 0 Å². The summed E-state index contributed by atoms with van der Waals surface area (Å²) >= 11 is 0. The molecule has 2 aromatic heterocycles. The zero-order chi connectivity index (χ0) is 52.5. The molecule has 0 aliphatic heterocycles. The van der Waals surface area contributed by atoms with Crippen molar-refractivity contribution in [2.75, 3.05) is 0 Å². The van der Waals surface area contributed by atoms with E-state index in [1.54, 1.807) is 0 Å². The smallest absolute Gasteiger partial charge is 0.160 e. The summed E-state index contributed by atoms with van der Waals surface area (Å²) in [7, 11) is 0. The van der Waals surface area contributed by atoms with Crippen molar-refractivity contribution in [1.29, 1.82) is 0 Å². The van der Waals surface area contributed by atoms with Gasteiger partial charge in [0.15, 0.2) is 5.82 Å². The lowest BCUT2D eigenvalue weighted by Crippen LogP contribution is -1.97. The third-order valence-electron chi connectivity index (χ3n) is 15.2. The molecule has 370 valence electrons. The first-order valence-electron chi connectivity index (χ1n) is 26.9. The van der Waals surface area contributed by atoms with Crippen molar-refractivity contribution in [1.82, 2.24) is 14.5 Å². The predicted molar refractivity (Wildman–Crippen MR) is 331 cm³/mol. The van der Waals surface area contributed by atoms with Gasteiger partial charge < -0.3 is 4.57 Å². The van der Waals surface area contributed by atoms with Crippen LogP contribution in [0.2, 0.25) is 0 Å². The van der Waals surface area contributed by atoms with E-state index in [-0.39, 0.29) is 0 Å². The number of rotatable bonds is 11. The van der Waals surface area contributed by atoms with E-state index in [4.69, 9.17) is 9.97 Å². The van der Waals surface area contributed by atoms with Crippen LogP contribution in [-0.2, 0) is 0 Å². The first-order chi connectivity index (χ1) is 39.1. The van der Waals surface area contributed by atoms with Crippen molar-refractivity contribution in [3.63, 3.8) is 0 Å². The lowest BCUT2D eigenvalue weighted by atomic mass is 9.94. The molecule has 3 heteroatoms. The van der Waals surface area contributed by atoms with Gasteiger partial charge in [0.1, 0.15) is 0 Å². The van der Waals surface area contributed by atoms with Crippen LogP contribution in [-0.4, -0.2) is 14.5 Å². The van der Waals surface area contributed by atoms with Gasteiger partial charge in [-0.3, -0.25) is 0 Å². The third kappa shape index (κ3) is 9.41. The molecule has 0 aliphatic carbocycles. The summed E-state index contributed by atoms with van der Waals surface area (Å²) in [6.07, 6.45) is 0. The summed E-state index contributed by atoms with van der Waals surface area (Å²) in [5, 5.41) is 2.49. The lowest BCUT2D eigenvalue weighted by Gasteiger charge is -2.13. The Morgan fingerprint density at radius 3 is 0.848 bits per heavy atom. The molecule has 0 radical (unpaired) electrons. The van der Waals surface area contributed by atoms with Gasteiger partial charge in [0.2, 0.25) is 0 Å². The number of nitrogens with zero attached hydrogens (tertiary/aromatic N) is 3. The fourth-order valence-corrected chi connectivity index (χ4v) is 11.2. The summed E-state index contributed by atoms with van der Waals surface area (Å²) in [4.78, 5) is 10.9. The number of benzene rings is 12. The molecule has 0 N–H and O–H groups in total. The molecule has 12 aromatic carbocycles. The Balaban J connectivity index is 0.843. The normalized spacial score (nSPS) is 11.3. The maximum Gasteiger partial charge on any atom is 0.160 e. The molecule has 0 atom stereocenters. The monoisotopic (exact) mass is 1010 g/mol. The van der Waals surface area contributed by atoms with E-state index in [0.717, 1.165) is 78.3 Å². The Morgan fingerprint density at radius 1 is 0.190 bits per heavy atom. The van der Waals surface area contributed by atoms with Gasteiger partial charge in [0.25, 0.3) is 0 Å². The Hall–Kier alpha value is -10.5. The van der Waals surface area contributed by atoms with E-state index in [9.17, 15) is 0 Å². The van der Waals surface area contributed by atoms with Crippen LogP contribution < -0.4 is 0 Å². The fraction of sp³-hybridized carbons (Fsp3) is 0. The summed E-state index contributed by atoms with van der Waals surface area (Å²) < 4.78 is 2.38. The summed E-state index contributed by atoms with van der Waals surface area (Å²) in [6, 6.07) is 111. The van der Waals surface area contributed by atoms with Gasteiger partial charge in [-0.2, -0.15) is 0 Å². The highest BCUT2D eigenvalue weighted by molar-refractivity contribution is 6.09. The maximum absolute atomic E-state index is 5.44. The molecule has 0 fully saturated rings. The Morgan fingerprint density at radius 2 is 0.456 bits per heavy atom. The molecule has 0 spiro atoms. The topological polar surface area (TPSA) is 30.7 Å². The average Bonchev–Trinajstić information content (AvgIpc) is 4.10. The molecular weight excluding hydrogens is 955 g/mol. The number of hydrogen-bond acceptors (Lipinski definition) is 2. The Bertz CT molecular complexity index is 4500. The molecule has 2 heterocycles. The molecule has 0 bridgehead atoms. The second kappa shape index (κ2) is 20.6. The minimum atomic E-state index is 0.659. The SMILES string of the molecule is c1ccc(-c2cccc(-c3cccc(-c4cccc(-c5cccc(-c6nc(-c7cccc(-c8cccc(-c9ccccc9)c8)c7)cc(-c7cccc(-c8cccc(-n9c%10ccccc%10c%10ccccc%109)c8)c7)n6)c5)c4)c3)c2)cc1. The first kappa shape index (κ1) is 47.0. The number of fused-ring (bicyclic) bond motifs is 3. The van der Waals surface area contributed by atoms with Gasteiger partial charge in [-0.25, -0.2) is 9.97 Å². The number of hydrogen-bond donors (Lipinski definition) is 0. The van der Waals surface area contributed by atoms with E-state index >= 15 is 0 Å². The van der Waals surface area contributed by atoms with Gasteiger partial charge in [-0.05, 0) is 151 Å². The lowest BCUT2D eigenvalue weighted by molar-refractivity contribution is 1.18. The van der Waals surface area contributed by atoms with Gasteiger partial charge in [0.05, 0.1) is 22.4 Å². The highest BCUT2D eigenvalue weighted by Gasteiger charge is 2.16. The van der Waals surface area contributed by atoms with Crippen molar-refractivity contribution < 1.29 is 0 Å².